The molecule has 1 amide bonds. The van der Waals surface area contributed by atoms with Gasteiger partial charge in [-0.25, -0.2) is 9.67 Å². The lowest BCUT2D eigenvalue weighted by atomic mass is 10.1. The van der Waals surface area contributed by atoms with Crippen LogP contribution >= 0.6 is 0 Å². The first-order valence-electron chi connectivity index (χ1n) is 12.1. The quantitative estimate of drug-likeness (QED) is 0.310. The molecule has 0 spiro atoms. The first kappa shape index (κ1) is 24.8. The van der Waals surface area contributed by atoms with E-state index in [-0.39, 0.29) is 5.91 Å². The van der Waals surface area contributed by atoms with Gasteiger partial charge in [0.2, 0.25) is 11.8 Å². The molecule has 1 aromatic carbocycles. The highest BCUT2D eigenvalue weighted by atomic mass is 16.5. The second-order valence-corrected chi connectivity index (χ2v) is 8.09. The molecule has 0 unspecified atom stereocenters. The zero-order chi connectivity index (χ0) is 22.2. The van der Waals surface area contributed by atoms with Crippen LogP contribution in [0.25, 0.3) is 5.69 Å². The van der Waals surface area contributed by atoms with E-state index in [9.17, 15) is 4.79 Å². The molecular weight excluding hydrogens is 386 g/mol. The lowest BCUT2D eigenvalue weighted by Gasteiger charge is -2.13. The number of rotatable bonds is 15. The molecule has 0 bridgehead atoms. The molecule has 2 aromatic rings. The van der Waals surface area contributed by atoms with E-state index in [0.717, 1.165) is 24.9 Å². The van der Waals surface area contributed by atoms with Crippen molar-refractivity contribution in [2.45, 2.75) is 90.9 Å². The molecule has 0 radical (unpaired) electrons. The Balaban J connectivity index is 2.02. The molecule has 1 heterocycles. The van der Waals surface area contributed by atoms with Crippen LogP contribution < -0.4 is 10.1 Å². The number of aromatic nitrogens is 2. The van der Waals surface area contributed by atoms with Gasteiger partial charge in [-0.05, 0) is 25.0 Å². The zero-order valence-electron chi connectivity index (χ0n) is 19.4. The van der Waals surface area contributed by atoms with Crippen LogP contribution in [0.2, 0.25) is 0 Å². The lowest BCUT2D eigenvalue weighted by molar-refractivity contribution is -0.118. The highest BCUT2D eigenvalue weighted by Crippen LogP contribution is 2.15. The number of hydrogen-bond donors (Lipinski definition) is 0. The van der Waals surface area contributed by atoms with Crippen molar-refractivity contribution in [3.8, 4) is 11.6 Å². The predicted molar refractivity (Wildman–Crippen MR) is 126 cm³/mol. The standard InChI is InChI=1S/C26H39N3O2/c1-3-5-7-9-11-16-20-31-26-21-23(28-25(30)19-15-10-8-6-4-2)22-27-29(26)24-17-13-12-14-18-24/h12-14,17-18,21-22H,3-11,15-16,19-20H2,1-2H3. The fourth-order valence-electron chi connectivity index (χ4n) is 3.46. The Bertz CT molecular complexity index is 815. The summed E-state index contributed by atoms with van der Waals surface area (Å²) in [4.78, 5) is 16.5. The van der Waals surface area contributed by atoms with Crippen LogP contribution in [-0.2, 0) is 4.79 Å². The summed E-state index contributed by atoms with van der Waals surface area (Å²) in [6.45, 7) is 5.06. The van der Waals surface area contributed by atoms with Gasteiger partial charge in [0.15, 0.2) is 0 Å². The van der Waals surface area contributed by atoms with E-state index in [1.165, 1.54) is 51.4 Å². The molecule has 0 saturated carbocycles. The van der Waals surface area contributed by atoms with Crippen molar-refractivity contribution in [1.82, 2.24) is 9.78 Å². The Morgan fingerprint density at radius 1 is 0.903 bits per heavy atom. The summed E-state index contributed by atoms with van der Waals surface area (Å²) in [5.74, 6) is 0.536. The SMILES string of the molecule is CCCCCCCCOc1cc(=NC(=O)CCCCCCC)cnn1-c1ccccc1. The number of ether oxygens (including phenoxy) is 1. The third-order valence-corrected chi connectivity index (χ3v) is 5.28. The molecular formula is C26H39N3O2. The Hall–Kier alpha value is -2.43. The summed E-state index contributed by atoms with van der Waals surface area (Å²) in [6.07, 6.45) is 15.0. The monoisotopic (exact) mass is 425 g/mol. The largest absolute Gasteiger partial charge is 0.478 e. The van der Waals surface area contributed by atoms with Gasteiger partial charge in [-0.1, -0.05) is 89.8 Å². The van der Waals surface area contributed by atoms with Crippen LogP contribution in [0.3, 0.4) is 0 Å². The summed E-state index contributed by atoms with van der Waals surface area (Å²) >= 11 is 0. The molecule has 170 valence electrons. The van der Waals surface area contributed by atoms with Crippen molar-refractivity contribution in [2.75, 3.05) is 6.61 Å². The van der Waals surface area contributed by atoms with Gasteiger partial charge in [-0.15, -0.1) is 0 Å². The molecule has 0 aliphatic heterocycles. The van der Waals surface area contributed by atoms with Gasteiger partial charge in [0, 0.05) is 12.5 Å². The summed E-state index contributed by atoms with van der Waals surface area (Å²) in [6, 6.07) is 11.7. The van der Waals surface area contributed by atoms with Crippen LogP contribution in [-0.4, -0.2) is 22.3 Å². The van der Waals surface area contributed by atoms with E-state index < -0.39 is 0 Å². The minimum atomic E-state index is -0.0855. The second-order valence-electron chi connectivity index (χ2n) is 8.09. The fraction of sp³-hybridized carbons (Fsp3) is 0.577. The van der Waals surface area contributed by atoms with Gasteiger partial charge in [-0.2, -0.15) is 5.10 Å². The zero-order valence-corrected chi connectivity index (χ0v) is 19.4. The van der Waals surface area contributed by atoms with E-state index in [1.807, 2.05) is 36.4 Å². The molecule has 5 heteroatoms. The van der Waals surface area contributed by atoms with Gasteiger partial charge in [0.05, 0.1) is 23.8 Å². The van der Waals surface area contributed by atoms with Crippen molar-refractivity contribution < 1.29 is 9.53 Å². The molecule has 0 fully saturated rings. The first-order chi connectivity index (χ1) is 15.2. The van der Waals surface area contributed by atoms with Gasteiger partial charge < -0.3 is 4.74 Å². The number of amides is 1. The van der Waals surface area contributed by atoms with Crippen LogP contribution in [0.4, 0.5) is 0 Å². The Labute approximate surface area is 187 Å². The Morgan fingerprint density at radius 2 is 1.55 bits per heavy atom. The van der Waals surface area contributed by atoms with E-state index in [0.29, 0.717) is 24.3 Å². The number of hydrogen-bond acceptors (Lipinski definition) is 3. The summed E-state index contributed by atoms with van der Waals surface area (Å²) < 4.78 is 7.84. The highest BCUT2D eigenvalue weighted by molar-refractivity contribution is 5.76. The lowest BCUT2D eigenvalue weighted by Crippen LogP contribution is -2.15. The van der Waals surface area contributed by atoms with E-state index in [1.54, 1.807) is 10.9 Å². The van der Waals surface area contributed by atoms with Crippen molar-refractivity contribution in [3.63, 3.8) is 0 Å². The van der Waals surface area contributed by atoms with Crippen LogP contribution in [0.15, 0.2) is 47.6 Å². The van der Waals surface area contributed by atoms with Gasteiger partial charge in [0.25, 0.3) is 0 Å². The number of unbranched alkanes of at least 4 members (excludes halogenated alkanes) is 9. The molecule has 1 aromatic heterocycles. The molecule has 31 heavy (non-hydrogen) atoms. The van der Waals surface area contributed by atoms with E-state index >= 15 is 0 Å². The van der Waals surface area contributed by atoms with Gasteiger partial charge in [0.1, 0.15) is 0 Å². The number of benzene rings is 1. The predicted octanol–water partition coefficient (Wildman–Crippen LogP) is 6.40. The topological polar surface area (TPSA) is 56.5 Å². The fourth-order valence-corrected chi connectivity index (χ4v) is 3.46. The van der Waals surface area contributed by atoms with Crippen LogP contribution in [0, 0.1) is 0 Å². The normalized spacial score (nSPS) is 11.6. The van der Waals surface area contributed by atoms with Crippen molar-refractivity contribution in [2.24, 2.45) is 4.99 Å². The third-order valence-electron chi connectivity index (χ3n) is 5.28. The van der Waals surface area contributed by atoms with Crippen molar-refractivity contribution in [3.05, 3.63) is 48.0 Å². The molecule has 0 atom stereocenters. The summed E-state index contributed by atoms with van der Waals surface area (Å²) in [5, 5.41) is 5.07. The average molecular weight is 426 g/mol. The maximum Gasteiger partial charge on any atom is 0.246 e. The van der Waals surface area contributed by atoms with Crippen LogP contribution in [0.5, 0.6) is 5.88 Å². The maximum absolute atomic E-state index is 12.3. The number of carbonyl (C=O) groups is 1. The Morgan fingerprint density at radius 3 is 2.26 bits per heavy atom. The summed E-state index contributed by atoms with van der Waals surface area (Å²) in [7, 11) is 0. The van der Waals surface area contributed by atoms with Crippen LogP contribution in [0.1, 0.15) is 90.9 Å². The summed E-state index contributed by atoms with van der Waals surface area (Å²) in [5.41, 5.74) is 0.925. The average Bonchev–Trinajstić information content (AvgIpc) is 2.79. The van der Waals surface area contributed by atoms with Crippen molar-refractivity contribution in [1.29, 1.82) is 0 Å². The third kappa shape index (κ3) is 9.95. The molecule has 0 N–H and O–H groups in total. The number of carbonyl (C=O) groups excluding carboxylic acids is 1. The molecule has 2 rings (SSSR count). The Kier molecular flexibility index (Phi) is 12.3. The molecule has 0 aliphatic carbocycles. The van der Waals surface area contributed by atoms with Gasteiger partial charge >= 0.3 is 0 Å². The number of nitrogens with zero attached hydrogens (tertiary/aromatic N) is 3. The highest BCUT2D eigenvalue weighted by Gasteiger charge is 2.07. The minimum Gasteiger partial charge on any atom is -0.478 e. The molecule has 0 saturated heterocycles. The van der Waals surface area contributed by atoms with E-state index in [4.69, 9.17) is 4.74 Å². The minimum absolute atomic E-state index is 0.0855. The van der Waals surface area contributed by atoms with Crippen molar-refractivity contribution >= 4 is 5.91 Å². The maximum atomic E-state index is 12.3. The molecule has 5 nitrogen and oxygen atoms in total. The second kappa shape index (κ2) is 15.4. The number of para-hydroxylation sites is 1. The van der Waals surface area contributed by atoms with E-state index in [2.05, 4.69) is 23.9 Å². The smallest absolute Gasteiger partial charge is 0.246 e. The first-order valence-corrected chi connectivity index (χ1v) is 12.1. The van der Waals surface area contributed by atoms with Gasteiger partial charge in [-0.3, -0.25) is 4.79 Å². The molecule has 0 aliphatic rings.